The number of rotatable bonds is 14. The van der Waals surface area contributed by atoms with Crippen LogP contribution in [0.25, 0.3) is 10.9 Å². The summed E-state index contributed by atoms with van der Waals surface area (Å²) in [5.74, 6) is -1.29. The van der Waals surface area contributed by atoms with E-state index in [1.54, 1.807) is 13.1 Å². The highest BCUT2D eigenvalue weighted by molar-refractivity contribution is 5.98. The molecule has 4 aromatic rings. The van der Waals surface area contributed by atoms with E-state index in [2.05, 4.69) is 20.9 Å². The summed E-state index contributed by atoms with van der Waals surface area (Å²) in [6.45, 7) is 3.57. The molecule has 3 unspecified atom stereocenters. The normalized spacial score (nSPS) is 17.5. The number of aromatic nitrogens is 1. The highest BCUT2D eigenvalue weighted by Crippen LogP contribution is 2.29. The van der Waals surface area contributed by atoms with Gasteiger partial charge in [-0.2, -0.15) is 0 Å². The van der Waals surface area contributed by atoms with Crippen LogP contribution in [0.2, 0.25) is 0 Å². The Morgan fingerprint density at radius 2 is 1.47 bits per heavy atom. The molecule has 234 valence electrons. The van der Waals surface area contributed by atoms with Crippen molar-refractivity contribution in [3.05, 3.63) is 108 Å². The zero-order valence-corrected chi connectivity index (χ0v) is 25.4. The lowest BCUT2D eigenvalue weighted by atomic mass is 9.94. The summed E-state index contributed by atoms with van der Waals surface area (Å²) in [4.78, 5) is 56.2. The number of hydrogen-bond donors (Lipinski definition) is 4. The van der Waals surface area contributed by atoms with Crippen molar-refractivity contribution in [2.75, 3.05) is 6.61 Å². The number of carbonyl (C=O) groups excluding carboxylic acids is 4. The van der Waals surface area contributed by atoms with Gasteiger partial charge in [-0.15, -0.1) is 0 Å². The molecule has 1 aliphatic rings. The van der Waals surface area contributed by atoms with Gasteiger partial charge in [0, 0.05) is 23.5 Å². The number of hydrogen-bond acceptors (Lipinski definition) is 6. The van der Waals surface area contributed by atoms with Gasteiger partial charge in [-0.3, -0.25) is 14.4 Å². The molecule has 3 amide bonds. The Morgan fingerprint density at radius 1 is 0.844 bits per heavy atom. The van der Waals surface area contributed by atoms with E-state index in [0.717, 1.165) is 27.6 Å². The standard InChI is InChI=1S/C35H38N4O6/c1-23(37-34(43)44-21-25-13-7-4-8-14-25)32(41)39-30(19-26-20-36-28-16-10-9-15-27(26)28)33(42)38-29(31(40)35(2)22-45-35)18-17-24-11-5-3-6-12-24/h3-16,20,23,29-30,36H,17-19,21-22H2,1-2H3,(H,37,43)(H,38,42)(H,39,41)/t23?,29?,30-,35?/m0/s1. The third kappa shape index (κ3) is 8.36. The van der Waals surface area contributed by atoms with Gasteiger partial charge in [-0.1, -0.05) is 78.9 Å². The number of para-hydroxylation sites is 1. The van der Waals surface area contributed by atoms with Crippen molar-refractivity contribution < 1.29 is 28.7 Å². The van der Waals surface area contributed by atoms with Crippen LogP contribution in [0.5, 0.6) is 0 Å². The second kappa shape index (κ2) is 14.2. The summed E-state index contributed by atoms with van der Waals surface area (Å²) in [6, 6.07) is 23.7. The number of carbonyl (C=O) groups is 4. The number of benzene rings is 3. The molecule has 0 saturated carbocycles. The van der Waals surface area contributed by atoms with Gasteiger partial charge in [-0.05, 0) is 49.4 Å². The molecule has 4 atom stereocenters. The van der Waals surface area contributed by atoms with Crippen LogP contribution in [0, 0.1) is 0 Å². The predicted octanol–water partition coefficient (Wildman–Crippen LogP) is 3.99. The van der Waals surface area contributed by atoms with Crippen molar-refractivity contribution in [3.8, 4) is 0 Å². The average Bonchev–Trinajstić information content (AvgIpc) is 3.69. The topological polar surface area (TPSA) is 142 Å². The second-order valence-electron chi connectivity index (χ2n) is 11.5. The van der Waals surface area contributed by atoms with Crippen LogP contribution in [0.15, 0.2) is 91.1 Å². The van der Waals surface area contributed by atoms with Crippen LogP contribution >= 0.6 is 0 Å². The van der Waals surface area contributed by atoms with E-state index in [1.807, 2.05) is 84.9 Å². The molecule has 10 heteroatoms. The molecule has 10 nitrogen and oxygen atoms in total. The first-order valence-electron chi connectivity index (χ1n) is 15.1. The van der Waals surface area contributed by atoms with Crippen LogP contribution in [0.1, 0.15) is 37.0 Å². The number of epoxide rings is 1. The number of ether oxygens (including phenoxy) is 2. The highest BCUT2D eigenvalue weighted by atomic mass is 16.6. The van der Waals surface area contributed by atoms with E-state index < -0.39 is 41.6 Å². The van der Waals surface area contributed by atoms with E-state index in [4.69, 9.17) is 9.47 Å². The smallest absolute Gasteiger partial charge is 0.408 e. The summed E-state index contributed by atoms with van der Waals surface area (Å²) >= 11 is 0. The molecule has 3 aromatic carbocycles. The summed E-state index contributed by atoms with van der Waals surface area (Å²) in [7, 11) is 0. The van der Waals surface area contributed by atoms with E-state index in [9.17, 15) is 19.2 Å². The molecule has 1 saturated heterocycles. The van der Waals surface area contributed by atoms with Crippen LogP contribution in [-0.4, -0.2) is 59.0 Å². The Bertz CT molecular complexity index is 1630. The first kappa shape index (κ1) is 31.5. The zero-order valence-electron chi connectivity index (χ0n) is 25.4. The number of nitrogens with one attached hydrogen (secondary N) is 4. The molecule has 0 bridgehead atoms. The average molecular weight is 611 g/mol. The van der Waals surface area contributed by atoms with Crippen molar-refractivity contribution in [1.82, 2.24) is 20.9 Å². The van der Waals surface area contributed by atoms with Crippen molar-refractivity contribution in [2.24, 2.45) is 0 Å². The van der Waals surface area contributed by atoms with Crippen LogP contribution in [0.4, 0.5) is 4.79 Å². The molecule has 4 N–H and O–H groups in total. The molecule has 0 radical (unpaired) electrons. The highest BCUT2D eigenvalue weighted by Gasteiger charge is 2.50. The van der Waals surface area contributed by atoms with Crippen LogP contribution in [0.3, 0.4) is 0 Å². The van der Waals surface area contributed by atoms with Crippen molar-refractivity contribution >= 4 is 34.6 Å². The third-order valence-electron chi connectivity index (χ3n) is 7.97. The molecule has 5 rings (SSSR count). The maximum Gasteiger partial charge on any atom is 0.408 e. The Kier molecular flexibility index (Phi) is 9.94. The van der Waals surface area contributed by atoms with Crippen LogP contribution in [-0.2, 0) is 43.3 Å². The molecule has 0 aliphatic carbocycles. The number of amides is 3. The molecule has 1 fully saturated rings. The number of H-pyrrole nitrogens is 1. The maximum atomic E-state index is 13.9. The summed E-state index contributed by atoms with van der Waals surface area (Å²) in [5.41, 5.74) is 2.61. The fourth-order valence-electron chi connectivity index (χ4n) is 5.15. The van der Waals surface area contributed by atoms with Gasteiger partial charge in [-0.25, -0.2) is 4.79 Å². The fraction of sp³-hybridized carbons (Fsp3) is 0.314. The number of aromatic amines is 1. The second-order valence-corrected chi connectivity index (χ2v) is 11.5. The largest absolute Gasteiger partial charge is 0.445 e. The fourth-order valence-corrected chi connectivity index (χ4v) is 5.15. The Labute approximate surface area is 261 Å². The summed E-state index contributed by atoms with van der Waals surface area (Å²) < 4.78 is 10.7. The van der Waals surface area contributed by atoms with Crippen LogP contribution < -0.4 is 16.0 Å². The first-order valence-corrected chi connectivity index (χ1v) is 15.1. The Morgan fingerprint density at radius 3 is 2.16 bits per heavy atom. The molecule has 2 heterocycles. The molecule has 45 heavy (non-hydrogen) atoms. The number of aryl methyl sites for hydroxylation is 1. The molecule has 1 aliphatic heterocycles. The molecular weight excluding hydrogens is 572 g/mol. The van der Waals surface area contributed by atoms with Crippen molar-refractivity contribution in [1.29, 1.82) is 0 Å². The Hall–Kier alpha value is -4.96. The SMILES string of the molecule is CC(NC(=O)OCc1ccccc1)C(=O)N[C@@H](Cc1c[nH]c2ccccc12)C(=O)NC(CCc1ccccc1)C(=O)C1(C)CO1. The van der Waals surface area contributed by atoms with E-state index >= 15 is 0 Å². The maximum absolute atomic E-state index is 13.9. The quantitative estimate of drug-likeness (QED) is 0.159. The van der Waals surface area contributed by atoms with Crippen molar-refractivity contribution in [3.63, 3.8) is 0 Å². The number of fused-ring (bicyclic) bond motifs is 1. The van der Waals surface area contributed by atoms with Gasteiger partial charge in [0.1, 0.15) is 24.3 Å². The number of ketones is 1. The molecule has 0 spiro atoms. The first-order chi connectivity index (χ1) is 21.7. The van der Waals surface area contributed by atoms with Gasteiger partial charge >= 0.3 is 6.09 Å². The van der Waals surface area contributed by atoms with Gasteiger partial charge in [0.25, 0.3) is 0 Å². The van der Waals surface area contributed by atoms with Crippen molar-refractivity contribution in [2.45, 2.75) is 63.4 Å². The third-order valence-corrected chi connectivity index (χ3v) is 7.97. The van der Waals surface area contributed by atoms with Gasteiger partial charge in [0.05, 0.1) is 12.6 Å². The lowest BCUT2D eigenvalue weighted by Crippen LogP contribution is -2.56. The lowest BCUT2D eigenvalue weighted by molar-refractivity contribution is -0.133. The summed E-state index contributed by atoms with van der Waals surface area (Å²) in [6.07, 6.45) is 2.13. The van der Waals surface area contributed by atoms with E-state index in [1.165, 1.54) is 6.92 Å². The van der Waals surface area contributed by atoms with Gasteiger partial charge in [0.15, 0.2) is 5.78 Å². The van der Waals surface area contributed by atoms with E-state index in [-0.39, 0.29) is 18.8 Å². The minimum Gasteiger partial charge on any atom is -0.445 e. The minimum atomic E-state index is -1.04. The monoisotopic (exact) mass is 610 g/mol. The minimum absolute atomic E-state index is 0.0492. The summed E-state index contributed by atoms with van der Waals surface area (Å²) in [5, 5.41) is 9.15. The van der Waals surface area contributed by atoms with Gasteiger partial charge < -0.3 is 30.4 Å². The number of alkyl carbamates (subject to hydrolysis) is 1. The Balaban J connectivity index is 1.29. The molecular formula is C35H38N4O6. The van der Waals surface area contributed by atoms with Gasteiger partial charge in [0.2, 0.25) is 11.8 Å². The lowest BCUT2D eigenvalue weighted by Gasteiger charge is -2.25. The predicted molar refractivity (Wildman–Crippen MR) is 169 cm³/mol. The molecule has 1 aromatic heterocycles. The van der Waals surface area contributed by atoms with E-state index in [0.29, 0.717) is 19.4 Å². The zero-order chi connectivity index (χ0) is 31.8. The number of Topliss-reactive ketones (excluding diaryl/α,β-unsaturated/α-hetero) is 1.